The Morgan fingerprint density at radius 1 is 1.57 bits per heavy atom. The maximum Gasteiger partial charge on any atom is 0.265 e. The monoisotopic (exact) mass is 258 g/mol. The molecular formula is C9H11BrN2O2. The number of ether oxygens (including phenoxy) is 1. The summed E-state index contributed by atoms with van der Waals surface area (Å²) in [7, 11) is 0. The Morgan fingerprint density at radius 2 is 2.29 bits per heavy atom. The first-order chi connectivity index (χ1) is 6.67. The van der Waals surface area contributed by atoms with Crippen molar-refractivity contribution in [2.24, 2.45) is 5.84 Å². The Kier molecular flexibility index (Phi) is 3.91. The molecule has 0 fully saturated rings. The van der Waals surface area contributed by atoms with Crippen LogP contribution < -0.4 is 16.0 Å². The molecule has 1 amide bonds. The van der Waals surface area contributed by atoms with Crippen molar-refractivity contribution in [3.63, 3.8) is 0 Å². The fraction of sp³-hybridized carbons (Fsp3) is 0.222. The molecule has 0 spiro atoms. The van der Waals surface area contributed by atoms with Gasteiger partial charge in [0.2, 0.25) is 0 Å². The lowest BCUT2D eigenvalue weighted by Gasteiger charge is -2.06. The molecule has 1 rings (SSSR count). The number of halogens is 1. The van der Waals surface area contributed by atoms with E-state index in [1.807, 2.05) is 6.92 Å². The van der Waals surface area contributed by atoms with Gasteiger partial charge in [0.1, 0.15) is 5.75 Å². The molecule has 76 valence electrons. The molecule has 0 aliphatic rings. The van der Waals surface area contributed by atoms with Crippen LogP contribution in [-0.4, -0.2) is 12.5 Å². The molecule has 1 aromatic carbocycles. The minimum Gasteiger partial charge on any atom is -0.494 e. The number of amides is 1. The standard InChI is InChI=1S/C9H11BrN2O2/c1-2-14-8-4-6(9(13)12-11)3-7(10)5-8/h3-5H,2,11H2,1H3,(H,12,13). The summed E-state index contributed by atoms with van der Waals surface area (Å²) in [6, 6.07) is 5.10. The molecule has 0 saturated carbocycles. The summed E-state index contributed by atoms with van der Waals surface area (Å²) in [6.07, 6.45) is 0. The van der Waals surface area contributed by atoms with Crippen molar-refractivity contribution in [2.45, 2.75) is 6.92 Å². The summed E-state index contributed by atoms with van der Waals surface area (Å²) >= 11 is 3.28. The van der Waals surface area contributed by atoms with Crippen LogP contribution in [0, 0.1) is 0 Å². The van der Waals surface area contributed by atoms with Crippen molar-refractivity contribution in [2.75, 3.05) is 6.61 Å². The average Bonchev–Trinajstić information content (AvgIpc) is 2.16. The van der Waals surface area contributed by atoms with Crippen LogP contribution >= 0.6 is 15.9 Å². The molecule has 0 aliphatic heterocycles. The number of hydrazine groups is 1. The van der Waals surface area contributed by atoms with Crippen molar-refractivity contribution in [3.05, 3.63) is 28.2 Å². The van der Waals surface area contributed by atoms with Gasteiger partial charge < -0.3 is 4.74 Å². The molecule has 0 unspecified atom stereocenters. The third kappa shape index (κ3) is 2.71. The van der Waals surface area contributed by atoms with Crippen LogP contribution in [0.4, 0.5) is 0 Å². The highest BCUT2D eigenvalue weighted by Gasteiger charge is 2.06. The highest BCUT2D eigenvalue weighted by Crippen LogP contribution is 2.21. The van der Waals surface area contributed by atoms with E-state index in [-0.39, 0.29) is 5.91 Å². The molecule has 0 atom stereocenters. The molecule has 14 heavy (non-hydrogen) atoms. The van der Waals surface area contributed by atoms with Crippen molar-refractivity contribution in [3.8, 4) is 5.75 Å². The summed E-state index contributed by atoms with van der Waals surface area (Å²) in [4.78, 5) is 11.2. The zero-order valence-corrected chi connectivity index (χ0v) is 9.30. The van der Waals surface area contributed by atoms with Crippen molar-refractivity contribution in [1.29, 1.82) is 0 Å². The van der Waals surface area contributed by atoms with E-state index in [1.165, 1.54) is 0 Å². The Labute approximate surface area is 90.5 Å². The van der Waals surface area contributed by atoms with E-state index in [9.17, 15) is 4.79 Å². The molecule has 1 aromatic rings. The van der Waals surface area contributed by atoms with Gasteiger partial charge in [0, 0.05) is 10.0 Å². The molecule has 0 radical (unpaired) electrons. The fourth-order valence-corrected chi connectivity index (χ4v) is 1.50. The van der Waals surface area contributed by atoms with Crippen molar-refractivity contribution < 1.29 is 9.53 Å². The Morgan fingerprint density at radius 3 is 2.86 bits per heavy atom. The second kappa shape index (κ2) is 4.97. The van der Waals surface area contributed by atoms with Gasteiger partial charge in [-0.15, -0.1) is 0 Å². The summed E-state index contributed by atoms with van der Waals surface area (Å²) in [5, 5.41) is 0. The third-order valence-electron chi connectivity index (χ3n) is 1.58. The third-order valence-corrected chi connectivity index (χ3v) is 2.03. The molecule has 0 bridgehead atoms. The Hall–Kier alpha value is -1.07. The van der Waals surface area contributed by atoms with Crippen molar-refractivity contribution >= 4 is 21.8 Å². The predicted octanol–water partition coefficient (Wildman–Crippen LogP) is 1.45. The highest BCUT2D eigenvalue weighted by atomic mass is 79.9. The van der Waals surface area contributed by atoms with Crippen LogP contribution in [-0.2, 0) is 0 Å². The Balaban J connectivity index is 3.00. The number of hydrogen-bond donors (Lipinski definition) is 2. The van der Waals surface area contributed by atoms with Gasteiger partial charge in [-0.25, -0.2) is 5.84 Å². The second-order valence-electron chi connectivity index (χ2n) is 2.58. The van der Waals surface area contributed by atoms with Crippen molar-refractivity contribution in [1.82, 2.24) is 5.43 Å². The molecular weight excluding hydrogens is 248 g/mol. The number of hydrogen-bond acceptors (Lipinski definition) is 3. The van der Waals surface area contributed by atoms with Gasteiger partial charge >= 0.3 is 0 Å². The van der Waals surface area contributed by atoms with Crippen LogP contribution in [0.25, 0.3) is 0 Å². The van der Waals surface area contributed by atoms with Gasteiger partial charge in [0.15, 0.2) is 0 Å². The first kappa shape index (κ1) is 11.0. The lowest BCUT2D eigenvalue weighted by atomic mass is 10.2. The van der Waals surface area contributed by atoms with E-state index in [1.54, 1.807) is 18.2 Å². The van der Waals surface area contributed by atoms with Crippen LogP contribution in [0.3, 0.4) is 0 Å². The van der Waals surface area contributed by atoms with Crippen LogP contribution in [0.15, 0.2) is 22.7 Å². The van der Waals surface area contributed by atoms with Gasteiger partial charge in [0.05, 0.1) is 6.61 Å². The summed E-state index contributed by atoms with van der Waals surface area (Å²) in [5.74, 6) is 5.32. The topological polar surface area (TPSA) is 64.3 Å². The smallest absolute Gasteiger partial charge is 0.265 e. The first-order valence-corrected chi connectivity index (χ1v) is 4.91. The largest absolute Gasteiger partial charge is 0.494 e. The van der Waals surface area contributed by atoms with Crippen LogP contribution in [0.2, 0.25) is 0 Å². The average molecular weight is 259 g/mol. The van der Waals surface area contributed by atoms with Crippen LogP contribution in [0.5, 0.6) is 5.75 Å². The van der Waals surface area contributed by atoms with E-state index in [4.69, 9.17) is 10.6 Å². The second-order valence-corrected chi connectivity index (χ2v) is 3.50. The van der Waals surface area contributed by atoms with E-state index in [2.05, 4.69) is 21.4 Å². The quantitative estimate of drug-likeness (QED) is 0.490. The van der Waals surface area contributed by atoms with Gasteiger partial charge in [-0.1, -0.05) is 15.9 Å². The Bertz CT molecular complexity index is 342. The molecule has 0 aromatic heterocycles. The number of nitrogen functional groups attached to an aromatic ring is 1. The number of carbonyl (C=O) groups is 1. The molecule has 4 nitrogen and oxygen atoms in total. The zero-order valence-electron chi connectivity index (χ0n) is 7.71. The van der Waals surface area contributed by atoms with E-state index in [0.717, 1.165) is 4.47 Å². The fourth-order valence-electron chi connectivity index (χ4n) is 1.03. The van der Waals surface area contributed by atoms with E-state index < -0.39 is 0 Å². The van der Waals surface area contributed by atoms with E-state index in [0.29, 0.717) is 17.9 Å². The minimum atomic E-state index is -0.341. The maximum atomic E-state index is 11.2. The number of carbonyl (C=O) groups excluding carboxylic acids is 1. The minimum absolute atomic E-state index is 0.341. The summed E-state index contributed by atoms with van der Waals surface area (Å²) < 4.78 is 6.05. The van der Waals surface area contributed by atoms with E-state index >= 15 is 0 Å². The SMILES string of the molecule is CCOc1cc(Br)cc(C(=O)NN)c1. The number of benzene rings is 1. The van der Waals surface area contributed by atoms with Crippen LogP contribution in [0.1, 0.15) is 17.3 Å². The molecule has 5 heteroatoms. The molecule has 0 heterocycles. The normalized spacial score (nSPS) is 9.64. The zero-order chi connectivity index (χ0) is 10.6. The van der Waals surface area contributed by atoms with Gasteiger partial charge in [-0.05, 0) is 25.1 Å². The number of nitrogens with two attached hydrogens (primary N) is 1. The molecule has 0 saturated heterocycles. The first-order valence-electron chi connectivity index (χ1n) is 4.11. The predicted molar refractivity (Wildman–Crippen MR) is 57.0 cm³/mol. The molecule has 0 aliphatic carbocycles. The molecule has 3 N–H and O–H groups in total. The highest BCUT2D eigenvalue weighted by molar-refractivity contribution is 9.10. The summed E-state index contributed by atoms with van der Waals surface area (Å²) in [5.41, 5.74) is 2.53. The number of rotatable bonds is 3. The van der Waals surface area contributed by atoms with Gasteiger partial charge in [-0.2, -0.15) is 0 Å². The lowest BCUT2D eigenvalue weighted by Crippen LogP contribution is -2.29. The van der Waals surface area contributed by atoms with Gasteiger partial charge in [-0.3, -0.25) is 10.2 Å². The van der Waals surface area contributed by atoms with Gasteiger partial charge in [0.25, 0.3) is 5.91 Å². The lowest BCUT2D eigenvalue weighted by molar-refractivity contribution is 0.0953. The summed E-state index contributed by atoms with van der Waals surface area (Å²) in [6.45, 7) is 2.43. The maximum absolute atomic E-state index is 11.2. The number of nitrogens with one attached hydrogen (secondary N) is 1.